The van der Waals surface area contributed by atoms with E-state index in [1.54, 1.807) is 11.6 Å². The van der Waals surface area contributed by atoms with E-state index >= 15 is 0 Å². The number of rotatable bonds is 5. The summed E-state index contributed by atoms with van der Waals surface area (Å²) >= 11 is 0. The van der Waals surface area contributed by atoms with E-state index in [0.717, 1.165) is 39.8 Å². The van der Waals surface area contributed by atoms with Crippen molar-refractivity contribution in [3.63, 3.8) is 0 Å². The lowest BCUT2D eigenvalue weighted by Crippen LogP contribution is -2.48. The lowest BCUT2D eigenvalue weighted by atomic mass is 9.48. The van der Waals surface area contributed by atoms with Gasteiger partial charge in [0.25, 0.3) is 0 Å². The highest BCUT2D eigenvalue weighted by atomic mass is 15.0. The quantitative estimate of drug-likeness (QED) is 0.187. The van der Waals surface area contributed by atoms with Gasteiger partial charge in [-0.1, -0.05) is 103 Å². The van der Waals surface area contributed by atoms with Crippen molar-refractivity contribution in [2.24, 2.45) is 17.8 Å². The highest BCUT2D eigenvalue weighted by Gasteiger charge is 2.51. The molecule has 4 aliphatic rings. The van der Waals surface area contributed by atoms with Crippen LogP contribution in [0.1, 0.15) is 44.1 Å². The van der Waals surface area contributed by atoms with E-state index in [4.69, 9.17) is 21.5 Å². The fourth-order valence-corrected chi connectivity index (χ4v) is 9.27. The van der Waals surface area contributed by atoms with Gasteiger partial charge in [-0.05, 0) is 101 Å². The molecule has 0 unspecified atom stereocenters. The molecule has 4 bridgehead atoms. The number of benzene rings is 5. The van der Waals surface area contributed by atoms with E-state index in [9.17, 15) is 0 Å². The second kappa shape index (κ2) is 10.7. The Balaban J connectivity index is 1.14. The van der Waals surface area contributed by atoms with E-state index < -0.39 is 0 Å². The van der Waals surface area contributed by atoms with Crippen molar-refractivity contribution < 1.29 is 0 Å². The molecule has 1 aromatic heterocycles. The molecule has 0 saturated heterocycles. The van der Waals surface area contributed by atoms with Crippen LogP contribution in [-0.2, 0) is 5.41 Å². The first kappa shape index (κ1) is 27.2. The summed E-state index contributed by atoms with van der Waals surface area (Å²) in [6, 6.07) is 40.1. The summed E-state index contributed by atoms with van der Waals surface area (Å²) in [6.07, 6.45) is 8.57. The zero-order valence-electron chi connectivity index (χ0n) is 25.7. The van der Waals surface area contributed by atoms with Crippen LogP contribution in [0.25, 0.3) is 60.9 Å². The first-order chi connectivity index (χ1) is 22.6. The Morgan fingerprint density at radius 2 is 1.09 bits per heavy atom. The highest BCUT2D eigenvalue weighted by molar-refractivity contribution is 6.04. The van der Waals surface area contributed by atoms with Gasteiger partial charge in [-0.25, -0.2) is 19.8 Å². The topological polar surface area (TPSA) is 43.0 Å². The molecule has 0 radical (unpaired) electrons. The van der Waals surface area contributed by atoms with Gasteiger partial charge in [0, 0.05) is 16.7 Å². The molecule has 0 atom stereocenters. The highest BCUT2D eigenvalue weighted by Crippen LogP contribution is 2.60. The summed E-state index contributed by atoms with van der Waals surface area (Å²) in [5, 5.41) is 2.29. The number of nitrogens with zero attached hydrogens (tertiary/aromatic N) is 4. The van der Waals surface area contributed by atoms with Crippen LogP contribution in [0.3, 0.4) is 0 Å². The fraction of sp³-hybridized carbons (Fsp3) is 0.238. The standard InChI is InChI=1S/C42H34N4/c1-43-34-11-7-10-32(23-34)40-44-39(31-8-3-2-4-9-31)45-41(46-40)38-19-18-35(36-12-5-6-13-37(36)38)30-14-16-33(17-15-30)42-24-27-20-28(25-42)22-29(21-27)26-42/h2-19,23,27-29H,20-22,24-26H2. The molecule has 4 aliphatic carbocycles. The SMILES string of the molecule is [C-]#[N+]c1cccc(-c2nc(-c3ccccc3)nc(-c3ccc(-c4ccc(C56CC7CC(CC(C7)C5)C6)cc4)c4ccccc34)n2)c1. The van der Waals surface area contributed by atoms with E-state index in [2.05, 4.69) is 65.5 Å². The van der Waals surface area contributed by atoms with Crippen molar-refractivity contribution in [1.29, 1.82) is 0 Å². The minimum atomic E-state index is 0.403. The molecule has 0 N–H and O–H groups in total. The van der Waals surface area contributed by atoms with E-state index in [-0.39, 0.29) is 0 Å². The first-order valence-electron chi connectivity index (χ1n) is 16.6. The van der Waals surface area contributed by atoms with E-state index in [1.807, 2.05) is 48.5 Å². The van der Waals surface area contributed by atoms with Crippen LogP contribution in [0.5, 0.6) is 0 Å². The molecule has 0 spiro atoms. The third-order valence-corrected chi connectivity index (χ3v) is 10.9. The zero-order chi connectivity index (χ0) is 30.7. The third kappa shape index (κ3) is 4.62. The lowest BCUT2D eigenvalue weighted by Gasteiger charge is -2.57. The predicted octanol–water partition coefficient (Wildman–Crippen LogP) is 10.7. The van der Waals surface area contributed by atoms with Crippen LogP contribution in [-0.4, -0.2) is 15.0 Å². The van der Waals surface area contributed by atoms with Crippen molar-refractivity contribution in [2.45, 2.75) is 43.9 Å². The zero-order valence-corrected chi connectivity index (χ0v) is 25.7. The number of hydrogen-bond donors (Lipinski definition) is 0. The van der Waals surface area contributed by atoms with Crippen LogP contribution in [0.4, 0.5) is 5.69 Å². The Kier molecular flexibility index (Phi) is 6.35. The van der Waals surface area contributed by atoms with Crippen LogP contribution >= 0.6 is 0 Å². The Hall–Kier alpha value is -5.14. The third-order valence-electron chi connectivity index (χ3n) is 10.9. The molecule has 1 heterocycles. The molecule has 10 rings (SSSR count). The predicted molar refractivity (Wildman–Crippen MR) is 185 cm³/mol. The van der Waals surface area contributed by atoms with Crippen molar-refractivity contribution in [1.82, 2.24) is 15.0 Å². The minimum Gasteiger partial charge on any atom is -0.238 e. The molecule has 6 aromatic rings. The average Bonchev–Trinajstić information content (AvgIpc) is 3.11. The Morgan fingerprint density at radius 3 is 1.76 bits per heavy atom. The number of fused-ring (bicyclic) bond motifs is 1. The van der Waals surface area contributed by atoms with Crippen LogP contribution in [0.2, 0.25) is 0 Å². The molecular weight excluding hydrogens is 560 g/mol. The van der Waals surface area contributed by atoms with Crippen LogP contribution < -0.4 is 0 Å². The summed E-state index contributed by atoms with van der Waals surface area (Å²) in [7, 11) is 0. The van der Waals surface area contributed by atoms with Crippen molar-refractivity contribution >= 4 is 16.5 Å². The van der Waals surface area contributed by atoms with Gasteiger partial charge in [0.2, 0.25) is 0 Å². The molecule has 4 nitrogen and oxygen atoms in total. The monoisotopic (exact) mass is 594 g/mol. The minimum absolute atomic E-state index is 0.403. The summed E-state index contributed by atoms with van der Waals surface area (Å²) in [6.45, 7) is 7.51. The van der Waals surface area contributed by atoms with Gasteiger partial charge >= 0.3 is 0 Å². The summed E-state index contributed by atoms with van der Waals surface area (Å²) in [4.78, 5) is 18.5. The maximum atomic E-state index is 7.51. The van der Waals surface area contributed by atoms with Gasteiger partial charge in [-0.15, -0.1) is 0 Å². The summed E-state index contributed by atoms with van der Waals surface area (Å²) in [5.41, 5.74) is 7.68. The Bertz CT molecular complexity index is 2110. The molecule has 4 saturated carbocycles. The molecule has 222 valence electrons. The largest absolute Gasteiger partial charge is 0.238 e. The Labute approximate surface area is 270 Å². The van der Waals surface area contributed by atoms with Crippen LogP contribution in [0.15, 0.2) is 115 Å². The van der Waals surface area contributed by atoms with Crippen molar-refractivity contribution in [3.05, 3.63) is 132 Å². The molecule has 4 fully saturated rings. The van der Waals surface area contributed by atoms with Crippen LogP contribution in [0, 0.1) is 24.3 Å². The second-order valence-corrected chi connectivity index (χ2v) is 13.8. The maximum Gasteiger partial charge on any atom is 0.187 e. The van der Waals surface area contributed by atoms with Gasteiger partial charge in [-0.3, -0.25) is 0 Å². The van der Waals surface area contributed by atoms with E-state index in [0.29, 0.717) is 28.6 Å². The second-order valence-electron chi connectivity index (χ2n) is 13.8. The molecular formula is C42H34N4. The van der Waals surface area contributed by atoms with E-state index in [1.165, 1.54) is 55.0 Å². The molecule has 46 heavy (non-hydrogen) atoms. The van der Waals surface area contributed by atoms with Gasteiger partial charge in [-0.2, -0.15) is 0 Å². The summed E-state index contributed by atoms with van der Waals surface area (Å²) in [5.74, 6) is 4.62. The van der Waals surface area contributed by atoms with Gasteiger partial charge in [0.15, 0.2) is 23.2 Å². The molecule has 4 heteroatoms. The maximum absolute atomic E-state index is 7.51. The van der Waals surface area contributed by atoms with Crippen molar-refractivity contribution in [3.8, 4) is 45.3 Å². The number of aromatic nitrogens is 3. The fourth-order valence-electron chi connectivity index (χ4n) is 9.27. The molecule has 5 aromatic carbocycles. The van der Waals surface area contributed by atoms with Gasteiger partial charge < -0.3 is 0 Å². The van der Waals surface area contributed by atoms with Gasteiger partial charge in [0.1, 0.15) is 0 Å². The smallest absolute Gasteiger partial charge is 0.187 e. The van der Waals surface area contributed by atoms with Gasteiger partial charge in [0.05, 0.1) is 6.57 Å². The first-order valence-corrected chi connectivity index (χ1v) is 16.6. The average molecular weight is 595 g/mol. The molecule has 0 amide bonds. The summed E-state index contributed by atoms with van der Waals surface area (Å²) < 4.78 is 0. The Morgan fingerprint density at radius 1 is 0.522 bits per heavy atom. The number of hydrogen-bond acceptors (Lipinski definition) is 3. The lowest BCUT2D eigenvalue weighted by molar-refractivity contribution is -0.00518. The molecule has 0 aliphatic heterocycles. The van der Waals surface area contributed by atoms with Crippen molar-refractivity contribution in [2.75, 3.05) is 0 Å². The normalized spacial score (nSPS) is 23.0.